The molecule has 0 radical (unpaired) electrons. The van der Waals surface area contributed by atoms with Crippen LogP contribution in [0.5, 0.6) is 0 Å². The average Bonchev–Trinajstić information content (AvgIpc) is 3.11. The van der Waals surface area contributed by atoms with Gasteiger partial charge in [0.25, 0.3) is 8.03 Å². The molecule has 3 atom stereocenters. The molecule has 0 bridgehead atoms. The van der Waals surface area contributed by atoms with Crippen LogP contribution in [0.15, 0.2) is 24.3 Å². The Morgan fingerprint density at radius 2 is 1.81 bits per heavy atom. The van der Waals surface area contributed by atoms with E-state index in [4.69, 9.17) is 4.89 Å². The van der Waals surface area contributed by atoms with Gasteiger partial charge in [0.2, 0.25) is 5.52 Å². The average molecular weight is 380 g/mol. The summed E-state index contributed by atoms with van der Waals surface area (Å²) in [6, 6.07) is 8.02. The minimum absolute atomic E-state index is 0.0774. The van der Waals surface area contributed by atoms with Crippen molar-refractivity contribution in [1.82, 2.24) is 10.6 Å². The van der Waals surface area contributed by atoms with Gasteiger partial charge in [-0.15, -0.1) is 0 Å². The predicted molar refractivity (Wildman–Crippen MR) is 107 cm³/mol. The zero-order valence-electron chi connectivity index (χ0n) is 15.8. The van der Waals surface area contributed by atoms with Gasteiger partial charge in [0.05, 0.1) is 6.04 Å². The number of rotatable bonds is 12. The van der Waals surface area contributed by atoms with E-state index in [0.717, 1.165) is 12.8 Å². The zero-order chi connectivity index (χ0) is 18.8. The third-order valence-electron chi connectivity index (χ3n) is 5.13. The number of benzene rings is 1. The number of aryl methyl sites for hydroxylation is 1. The van der Waals surface area contributed by atoms with Gasteiger partial charge in [-0.3, -0.25) is 9.36 Å². The van der Waals surface area contributed by atoms with Gasteiger partial charge in [0.15, 0.2) is 0 Å². The first kappa shape index (κ1) is 21.3. The third kappa shape index (κ3) is 6.96. The molecule has 0 spiro atoms. The normalized spacial score (nSPS) is 21.0. The molecular formula is C20H33N2O3P. The molecule has 3 N–H and O–H groups in total. The van der Waals surface area contributed by atoms with E-state index in [1.807, 2.05) is 0 Å². The Labute approximate surface area is 157 Å². The highest BCUT2D eigenvalue weighted by Crippen LogP contribution is 2.22. The molecular weight excluding hydrogens is 347 g/mol. The standard InChI is InChI=1S/C20H33N2O3P/c1-2-3-4-5-6-7-8-16-9-11-17(12-10-16)15-22-18-13-14-21-19(18)20(23)26(24)25/h9-12,18-19,21-22,26H,2-8,13-15H2,1H3,(H,24,25)/t18?,19-/m1/s1. The highest BCUT2D eigenvalue weighted by Gasteiger charge is 2.34. The topological polar surface area (TPSA) is 78.4 Å². The van der Waals surface area contributed by atoms with E-state index in [1.165, 1.54) is 49.7 Å². The van der Waals surface area contributed by atoms with Gasteiger partial charge in [-0.2, -0.15) is 0 Å². The lowest BCUT2D eigenvalue weighted by molar-refractivity contribution is -0.114. The van der Waals surface area contributed by atoms with Crippen LogP contribution >= 0.6 is 8.03 Å². The second-order valence-corrected chi connectivity index (χ2v) is 8.31. The lowest BCUT2D eigenvalue weighted by Crippen LogP contribution is -2.44. The summed E-state index contributed by atoms with van der Waals surface area (Å²) >= 11 is 0. The van der Waals surface area contributed by atoms with E-state index in [2.05, 4.69) is 41.8 Å². The molecule has 146 valence electrons. The van der Waals surface area contributed by atoms with E-state index >= 15 is 0 Å². The fourth-order valence-corrected chi connectivity index (χ4v) is 4.08. The van der Waals surface area contributed by atoms with Gasteiger partial charge < -0.3 is 15.5 Å². The predicted octanol–water partition coefficient (Wildman–Crippen LogP) is 3.40. The molecule has 1 heterocycles. The lowest BCUT2D eigenvalue weighted by atomic mass is 10.0. The van der Waals surface area contributed by atoms with Crippen molar-refractivity contribution >= 4 is 13.6 Å². The van der Waals surface area contributed by atoms with Crippen LogP contribution in [0, 0.1) is 0 Å². The molecule has 1 aromatic carbocycles. The van der Waals surface area contributed by atoms with Crippen LogP contribution in [0.2, 0.25) is 0 Å². The highest BCUT2D eigenvalue weighted by atomic mass is 31.1. The van der Waals surface area contributed by atoms with Crippen molar-refractivity contribution in [2.45, 2.75) is 76.9 Å². The molecule has 6 heteroatoms. The summed E-state index contributed by atoms with van der Waals surface area (Å²) in [5.41, 5.74) is 1.98. The first-order valence-corrected chi connectivity index (χ1v) is 11.3. The first-order valence-electron chi connectivity index (χ1n) is 9.93. The van der Waals surface area contributed by atoms with Crippen LogP contribution in [0.3, 0.4) is 0 Å². The zero-order valence-corrected chi connectivity index (χ0v) is 16.8. The van der Waals surface area contributed by atoms with E-state index < -0.39 is 19.6 Å². The van der Waals surface area contributed by atoms with E-state index in [-0.39, 0.29) is 6.04 Å². The fourth-order valence-electron chi connectivity index (χ4n) is 3.51. The van der Waals surface area contributed by atoms with Crippen molar-refractivity contribution in [2.75, 3.05) is 6.54 Å². The number of hydrogen-bond acceptors (Lipinski definition) is 4. The van der Waals surface area contributed by atoms with Crippen LogP contribution in [0.4, 0.5) is 0 Å². The van der Waals surface area contributed by atoms with Gasteiger partial charge in [-0.05, 0) is 36.9 Å². The Morgan fingerprint density at radius 1 is 1.15 bits per heavy atom. The minimum atomic E-state index is -3.12. The molecule has 26 heavy (non-hydrogen) atoms. The Hall–Kier alpha value is -1.00. The number of hydrogen-bond donors (Lipinski definition) is 3. The quantitative estimate of drug-likeness (QED) is 0.383. The smallest absolute Gasteiger partial charge is 0.254 e. The van der Waals surface area contributed by atoms with E-state index in [9.17, 15) is 9.36 Å². The molecule has 1 aromatic rings. The molecule has 2 rings (SSSR count). The summed E-state index contributed by atoms with van der Waals surface area (Å²) in [6.07, 6.45) is 9.81. The minimum Gasteiger partial charge on any atom is -0.341 e. The van der Waals surface area contributed by atoms with Crippen molar-refractivity contribution in [3.05, 3.63) is 35.4 Å². The first-order chi connectivity index (χ1) is 12.6. The molecule has 1 aliphatic rings. The molecule has 1 aliphatic heterocycles. The largest absolute Gasteiger partial charge is 0.341 e. The van der Waals surface area contributed by atoms with Gasteiger partial charge in [0.1, 0.15) is 0 Å². The van der Waals surface area contributed by atoms with Crippen molar-refractivity contribution in [1.29, 1.82) is 0 Å². The molecule has 0 amide bonds. The van der Waals surface area contributed by atoms with Crippen molar-refractivity contribution < 1.29 is 14.3 Å². The summed E-state index contributed by atoms with van der Waals surface area (Å²) in [6.45, 7) is 3.60. The van der Waals surface area contributed by atoms with Gasteiger partial charge in [-0.25, -0.2) is 0 Å². The van der Waals surface area contributed by atoms with Gasteiger partial charge in [-0.1, -0.05) is 63.3 Å². The maximum Gasteiger partial charge on any atom is 0.254 e. The number of carbonyl (C=O) groups excluding carboxylic acids is 1. The van der Waals surface area contributed by atoms with Crippen LogP contribution < -0.4 is 10.6 Å². The van der Waals surface area contributed by atoms with Crippen molar-refractivity contribution in [3.8, 4) is 0 Å². The molecule has 5 nitrogen and oxygen atoms in total. The van der Waals surface area contributed by atoms with Gasteiger partial charge >= 0.3 is 0 Å². The second kappa shape index (κ2) is 11.7. The number of nitrogens with one attached hydrogen (secondary N) is 2. The lowest BCUT2D eigenvalue weighted by Gasteiger charge is -2.18. The van der Waals surface area contributed by atoms with Gasteiger partial charge in [0, 0.05) is 12.6 Å². The number of unbranched alkanes of at least 4 members (excludes halogenated alkanes) is 5. The summed E-state index contributed by atoms with van der Waals surface area (Å²) in [5, 5.41) is 6.39. The molecule has 0 aliphatic carbocycles. The van der Waals surface area contributed by atoms with Crippen LogP contribution in [-0.2, 0) is 22.3 Å². The summed E-state index contributed by atoms with van der Waals surface area (Å²) in [4.78, 5) is 20.9. The highest BCUT2D eigenvalue weighted by molar-refractivity contribution is 7.58. The summed E-state index contributed by atoms with van der Waals surface area (Å²) in [5.74, 6) is 0. The maximum atomic E-state index is 11.8. The van der Waals surface area contributed by atoms with Crippen LogP contribution in [0.25, 0.3) is 0 Å². The van der Waals surface area contributed by atoms with E-state index in [0.29, 0.717) is 13.1 Å². The van der Waals surface area contributed by atoms with Crippen molar-refractivity contribution in [3.63, 3.8) is 0 Å². The van der Waals surface area contributed by atoms with Crippen LogP contribution in [-0.4, -0.2) is 29.0 Å². The molecule has 1 fully saturated rings. The molecule has 0 aromatic heterocycles. The molecule has 2 unspecified atom stereocenters. The Balaban J connectivity index is 1.71. The SMILES string of the molecule is CCCCCCCCc1ccc(CNC2CCN[C@H]2C(=O)[PH](=O)O)cc1. The Morgan fingerprint density at radius 3 is 2.50 bits per heavy atom. The Bertz CT molecular complexity index is 577. The number of carbonyl (C=O) groups is 1. The third-order valence-corrected chi connectivity index (χ3v) is 5.86. The maximum absolute atomic E-state index is 11.8. The summed E-state index contributed by atoms with van der Waals surface area (Å²) in [7, 11) is -3.12. The molecule has 0 saturated carbocycles. The molecule has 1 saturated heterocycles. The van der Waals surface area contributed by atoms with Crippen LogP contribution in [0.1, 0.15) is 63.0 Å². The second-order valence-electron chi connectivity index (χ2n) is 7.21. The monoisotopic (exact) mass is 380 g/mol. The fraction of sp³-hybridized carbons (Fsp3) is 0.650. The summed E-state index contributed by atoms with van der Waals surface area (Å²) < 4.78 is 11.1. The van der Waals surface area contributed by atoms with Crippen molar-refractivity contribution in [2.24, 2.45) is 0 Å². The van der Waals surface area contributed by atoms with E-state index in [1.54, 1.807) is 0 Å². The Kier molecular flexibility index (Phi) is 9.55.